The predicted molar refractivity (Wildman–Crippen MR) is 55.7 cm³/mol. The van der Waals surface area contributed by atoms with Crippen LogP contribution >= 0.6 is 0 Å². The molecule has 0 aromatic heterocycles. The highest BCUT2D eigenvalue weighted by Gasteiger charge is 2.26. The second-order valence-electron chi connectivity index (χ2n) is 3.93. The van der Waals surface area contributed by atoms with Crippen molar-refractivity contribution in [1.29, 1.82) is 0 Å². The van der Waals surface area contributed by atoms with E-state index in [9.17, 15) is 5.11 Å². The summed E-state index contributed by atoms with van der Waals surface area (Å²) in [5.41, 5.74) is 0. The maximum atomic E-state index is 9.27. The summed E-state index contributed by atoms with van der Waals surface area (Å²) in [6.45, 7) is 6.72. The minimum absolute atomic E-state index is 0.304. The zero-order valence-corrected chi connectivity index (χ0v) is 8.74. The van der Waals surface area contributed by atoms with Crippen molar-refractivity contribution >= 4 is 0 Å². The van der Waals surface area contributed by atoms with E-state index in [1.54, 1.807) is 0 Å². The van der Waals surface area contributed by atoms with Crippen LogP contribution < -0.4 is 0 Å². The van der Waals surface area contributed by atoms with E-state index in [1.807, 2.05) is 6.92 Å². The summed E-state index contributed by atoms with van der Waals surface area (Å²) in [6.07, 6.45) is 6.78. The minimum Gasteiger partial charge on any atom is -0.395 e. The standard InChI is InChI=1S/C11H21NO/c1-3-4-7-12-8-5-6-10(2)11(12)9-13/h3-4,10-11,13H,5-9H2,1-2H3/b4-3+. The molecule has 1 aliphatic heterocycles. The topological polar surface area (TPSA) is 23.5 Å². The molecule has 76 valence electrons. The van der Waals surface area contributed by atoms with Crippen LogP contribution in [-0.4, -0.2) is 35.7 Å². The Bertz CT molecular complexity index is 167. The first kappa shape index (κ1) is 10.7. The number of hydrogen-bond acceptors (Lipinski definition) is 2. The fraction of sp³-hybridized carbons (Fsp3) is 0.818. The quantitative estimate of drug-likeness (QED) is 0.673. The van der Waals surface area contributed by atoms with Crippen molar-refractivity contribution in [2.45, 2.75) is 32.7 Å². The van der Waals surface area contributed by atoms with Crippen LogP contribution in [0.4, 0.5) is 0 Å². The van der Waals surface area contributed by atoms with Gasteiger partial charge in [-0.1, -0.05) is 19.1 Å². The van der Waals surface area contributed by atoms with E-state index in [1.165, 1.54) is 12.8 Å². The number of hydrogen-bond donors (Lipinski definition) is 1. The van der Waals surface area contributed by atoms with Gasteiger partial charge in [-0.3, -0.25) is 4.90 Å². The average molecular weight is 183 g/mol. The molecule has 2 nitrogen and oxygen atoms in total. The zero-order chi connectivity index (χ0) is 9.68. The average Bonchev–Trinajstić information content (AvgIpc) is 2.15. The molecule has 0 saturated carbocycles. The van der Waals surface area contributed by atoms with Gasteiger partial charge in [-0.05, 0) is 32.2 Å². The lowest BCUT2D eigenvalue weighted by Gasteiger charge is -2.38. The lowest BCUT2D eigenvalue weighted by Crippen LogP contribution is -2.46. The molecule has 2 atom stereocenters. The fourth-order valence-electron chi connectivity index (χ4n) is 2.10. The third kappa shape index (κ3) is 2.82. The molecule has 1 aliphatic rings. The van der Waals surface area contributed by atoms with Gasteiger partial charge in [-0.25, -0.2) is 0 Å². The van der Waals surface area contributed by atoms with Gasteiger partial charge < -0.3 is 5.11 Å². The zero-order valence-electron chi connectivity index (χ0n) is 8.74. The monoisotopic (exact) mass is 183 g/mol. The molecular weight excluding hydrogens is 162 g/mol. The number of rotatable bonds is 3. The molecule has 1 heterocycles. The predicted octanol–water partition coefficient (Wildman–Crippen LogP) is 1.66. The lowest BCUT2D eigenvalue weighted by atomic mass is 9.91. The van der Waals surface area contributed by atoms with Gasteiger partial charge in [0.25, 0.3) is 0 Å². The van der Waals surface area contributed by atoms with Gasteiger partial charge in [0, 0.05) is 12.6 Å². The van der Waals surface area contributed by atoms with Crippen LogP contribution in [0.25, 0.3) is 0 Å². The van der Waals surface area contributed by atoms with E-state index >= 15 is 0 Å². The van der Waals surface area contributed by atoms with Crippen LogP contribution in [0.2, 0.25) is 0 Å². The molecule has 2 heteroatoms. The number of allylic oxidation sites excluding steroid dienone is 1. The Kier molecular flexibility index (Phi) is 4.46. The molecule has 13 heavy (non-hydrogen) atoms. The van der Waals surface area contributed by atoms with E-state index in [0.29, 0.717) is 18.6 Å². The summed E-state index contributed by atoms with van der Waals surface area (Å²) in [7, 11) is 0. The van der Waals surface area contributed by atoms with E-state index in [4.69, 9.17) is 0 Å². The first-order valence-electron chi connectivity index (χ1n) is 5.25. The normalized spacial score (nSPS) is 31.3. The SMILES string of the molecule is C/C=C/CN1CCCC(C)C1CO. The molecule has 0 bridgehead atoms. The Balaban J connectivity index is 2.48. The Hall–Kier alpha value is -0.340. The number of piperidine rings is 1. The van der Waals surface area contributed by atoms with E-state index in [2.05, 4.69) is 24.0 Å². The third-order valence-electron chi connectivity index (χ3n) is 2.99. The van der Waals surface area contributed by atoms with Crippen molar-refractivity contribution in [2.75, 3.05) is 19.7 Å². The fourth-order valence-corrected chi connectivity index (χ4v) is 2.10. The largest absolute Gasteiger partial charge is 0.395 e. The van der Waals surface area contributed by atoms with Gasteiger partial charge in [0.1, 0.15) is 0 Å². The highest BCUT2D eigenvalue weighted by molar-refractivity contribution is 4.88. The van der Waals surface area contributed by atoms with Crippen molar-refractivity contribution in [3.05, 3.63) is 12.2 Å². The first-order chi connectivity index (χ1) is 6.29. The number of aliphatic hydroxyl groups is 1. The molecule has 0 aromatic carbocycles. The van der Waals surface area contributed by atoms with Crippen LogP contribution in [0.1, 0.15) is 26.7 Å². The number of likely N-dealkylation sites (tertiary alicyclic amines) is 1. The summed E-state index contributed by atoms with van der Waals surface area (Å²) in [4.78, 5) is 2.38. The molecule has 0 aromatic rings. The molecule has 0 aliphatic carbocycles. The van der Waals surface area contributed by atoms with E-state index < -0.39 is 0 Å². The maximum Gasteiger partial charge on any atom is 0.0589 e. The Morgan fingerprint density at radius 1 is 1.54 bits per heavy atom. The van der Waals surface area contributed by atoms with Crippen molar-refractivity contribution in [3.8, 4) is 0 Å². The summed E-state index contributed by atoms with van der Waals surface area (Å²) in [5, 5.41) is 9.27. The van der Waals surface area contributed by atoms with E-state index in [0.717, 1.165) is 13.1 Å². The van der Waals surface area contributed by atoms with Crippen LogP contribution in [0.3, 0.4) is 0 Å². The number of aliphatic hydroxyl groups excluding tert-OH is 1. The molecule has 0 spiro atoms. The molecule has 0 radical (unpaired) electrons. The van der Waals surface area contributed by atoms with E-state index in [-0.39, 0.29) is 0 Å². The van der Waals surface area contributed by atoms with Crippen LogP contribution in [0.5, 0.6) is 0 Å². The van der Waals surface area contributed by atoms with Crippen molar-refractivity contribution in [3.63, 3.8) is 0 Å². The molecule has 0 amide bonds. The van der Waals surface area contributed by atoms with Crippen LogP contribution in [0, 0.1) is 5.92 Å². The van der Waals surface area contributed by atoms with Gasteiger partial charge in [-0.2, -0.15) is 0 Å². The molecule has 1 N–H and O–H groups in total. The summed E-state index contributed by atoms with van der Waals surface area (Å²) in [5.74, 6) is 0.643. The van der Waals surface area contributed by atoms with Crippen molar-refractivity contribution in [1.82, 2.24) is 4.90 Å². The van der Waals surface area contributed by atoms with Gasteiger partial charge in [0.05, 0.1) is 6.61 Å². The van der Waals surface area contributed by atoms with Crippen molar-refractivity contribution < 1.29 is 5.11 Å². The minimum atomic E-state index is 0.304. The second-order valence-corrected chi connectivity index (χ2v) is 3.93. The Morgan fingerprint density at radius 2 is 2.31 bits per heavy atom. The summed E-state index contributed by atoms with van der Waals surface area (Å²) < 4.78 is 0. The highest BCUT2D eigenvalue weighted by Crippen LogP contribution is 2.22. The van der Waals surface area contributed by atoms with Gasteiger partial charge in [0.2, 0.25) is 0 Å². The molecular formula is C11H21NO. The first-order valence-corrected chi connectivity index (χ1v) is 5.25. The molecule has 1 rings (SSSR count). The maximum absolute atomic E-state index is 9.27. The van der Waals surface area contributed by atoms with Crippen LogP contribution in [0.15, 0.2) is 12.2 Å². The van der Waals surface area contributed by atoms with Gasteiger partial charge >= 0.3 is 0 Å². The summed E-state index contributed by atoms with van der Waals surface area (Å²) in [6, 6.07) is 0.380. The van der Waals surface area contributed by atoms with Crippen molar-refractivity contribution in [2.24, 2.45) is 5.92 Å². The third-order valence-corrected chi connectivity index (χ3v) is 2.99. The van der Waals surface area contributed by atoms with Gasteiger partial charge in [0.15, 0.2) is 0 Å². The molecule has 1 fully saturated rings. The summed E-state index contributed by atoms with van der Waals surface area (Å²) >= 11 is 0. The second kappa shape index (κ2) is 5.40. The smallest absolute Gasteiger partial charge is 0.0589 e. The van der Waals surface area contributed by atoms with Crippen LogP contribution in [-0.2, 0) is 0 Å². The number of nitrogens with zero attached hydrogens (tertiary/aromatic N) is 1. The lowest BCUT2D eigenvalue weighted by molar-refractivity contribution is 0.0622. The molecule has 2 unspecified atom stereocenters. The Morgan fingerprint density at radius 3 is 2.92 bits per heavy atom. The van der Waals surface area contributed by atoms with Gasteiger partial charge in [-0.15, -0.1) is 0 Å². The Labute approximate surface area is 81.2 Å². The molecule has 1 saturated heterocycles. The highest BCUT2D eigenvalue weighted by atomic mass is 16.3.